The molecule has 6 aromatic rings. The van der Waals surface area contributed by atoms with Crippen molar-refractivity contribution < 1.29 is 13.6 Å². The molecule has 9 heteroatoms. The van der Waals surface area contributed by atoms with Gasteiger partial charge in [0.05, 0.1) is 22.3 Å². The molecule has 0 radical (unpaired) electrons. The minimum Gasteiger partial charge on any atom is -0.324 e. The molecule has 2 N–H and O–H groups in total. The molecule has 0 saturated carbocycles. The lowest BCUT2D eigenvalue weighted by Gasteiger charge is -2.09. The number of para-hydroxylation sites is 1. The van der Waals surface area contributed by atoms with Gasteiger partial charge in [0.25, 0.3) is 5.91 Å². The van der Waals surface area contributed by atoms with E-state index in [9.17, 15) is 13.6 Å². The highest BCUT2D eigenvalue weighted by Gasteiger charge is 2.19. The highest BCUT2D eigenvalue weighted by Crippen LogP contribution is 2.35. The van der Waals surface area contributed by atoms with Crippen molar-refractivity contribution in [3.05, 3.63) is 127 Å². The molecule has 6 rings (SSSR count). The smallest absolute Gasteiger partial charge is 0.258 e. The summed E-state index contributed by atoms with van der Waals surface area (Å²) in [7, 11) is 0. The molecule has 3 aromatic heterocycles. The van der Waals surface area contributed by atoms with Crippen molar-refractivity contribution in [1.82, 2.24) is 19.6 Å². The third-order valence-corrected chi connectivity index (χ3v) is 6.05. The second kappa shape index (κ2) is 10.1. The molecular formula is C30H20F2N6O. The van der Waals surface area contributed by atoms with Crippen LogP contribution in [0.4, 0.5) is 26.1 Å². The third-order valence-electron chi connectivity index (χ3n) is 6.05. The largest absolute Gasteiger partial charge is 0.324 e. The van der Waals surface area contributed by atoms with E-state index in [4.69, 9.17) is 10.1 Å². The maximum Gasteiger partial charge on any atom is 0.258 e. The fraction of sp³-hybridized carbons (Fsp3) is 0. The Bertz CT molecular complexity index is 1820. The van der Waals surface area contributed by atoms with Gasteiger partial charge in [-0.2, -0.15) is 5.10 Å². The number of hydrogen-bond donors (Lipinski definition) is 2. The van der Waals surface area contributed by atoms with E-state index in [2.05, 4.69) is 15.6 Å². The summed E-state index contributed by atoms with van der Waals surface area (Å²) in [4.78, 5) is 21.8. The van der Waals surface area contributed by atoms with Crippen LogP contribution in [0.2, 0.25) is 0 Å². The number of pyridine rings is 1. The van der Waals surface area contributed by atoms with Gasteiger partial charge < -0.3 is 10.6 Å². The first kappa shape index (κ1) is 23.9. The number of amides is 1. The highest BCUT2D eigenvalue weighted by molar-refractivity contribution is 6.05. The van der Waals surface area contributed by atoms with Crippen molar-refractivity contribution in [2.24, 2.45) is 0 Å². The molecule has 0 atom stereocenters. The first-order valence-corrected chi connectivity index (χ1v) is 12.0. The summed E-state index contributed by atoms with van der Waals surface area (Å²) in [5.41, 5.74) is 4.44. The standard InChI is InChI=1S/C30H20F2N6O/c31-20-12-13-24(32)23(18-20)29(39)34-22-10-6-7-19(17-22)28-27(26-11-4-5-16-38(26)37-28)25-14-15-33-30(36-25)35-21-8-2-1-3-9-21/h1-18H,(H,34,39)(H,33,35,36). The van der Waals surface area contributed by atoms with Crippen molar-refractivity contribution in [1.29, 1.82) is 0 Å². The van der Waals surface area contributed by atoms with Gasteiger partial charge in [-0.1, -0.05) is 36.4 Å². The van der Waals surface area contributed by atoms with Crippen LogP contribution in [0.5, 0.6) is 0 Å². The first-order chi connectivity index (χ1) is 19.0. The van der Waals surface area contributed by atoms with E-state index in [1.165, 1.54) is 0 Å². The Labute approximate surface area is 221 Å². The zero-order valence-corrected chi connectivity index (χ0v) is 20.3. The fourth-order valence-corrected chi connectivity index (χ4v) is 4.28. The fourth-order valence-electron chi connectivity index (χ4n) is 4.28. The van der Waals surface area contributed by atoms with Crippen molar-refractivity contribution in [2.75, 3.05) is 10.6 Å². The van der Waals surface area contributed by atoms with Crippen LogP contribution in [0, 0.1) is 11.6 Å². The van der Waals surface area contributed by atoms with E-state index in [-0.39, 0.29) is 5.56 Å². The summed E-state index contributed by atoms with van der Waals surface area (Å²) >= 11 is 0. The van der Waals surface area contributed by atoms with E-state index in [1.54, 1.807) is 28.9 Å². The van der Waals surface area contributed by atoms with Crippen LogP contribution in [0.15, 0.2) is 109 Å². The summed E-state index contributed by atoms with van der Waals surface area (Å²) in [6, 6.07) is 26.9. The molecule has 0 aliphatic carbocycles. The third kappa shape index (κ3) is 4.93. The van der Waals surface area contributed by atoms with E-state index in [0.29, 0.717) is 28.6 Å². The quantitative estimate of drug-likeness (QED) is 0.255. The summed E-state index contributed by atoms with van der Waals surface area (Å²) < 4.78 is 29.5. The van der Waals surface area contributed by atoms with Crippen LogP contribution in [0.25, 0.3) is 28.0 Å². The average molecular weight is 519 g/mol. The number of halogens is 2. The zero-order chi connectivity index (χ0) is 26.8. The molecule has 3 aromatic carbocycles. The maximum atomic E-state index is 14.1. The lowest BCUT2D eigenvalue weighted by molar-refractivity contribution is 0.102. The molecule has 0 aliphatic heterocycles. The molecule has 0 bridgehead atoms. The number of nitrogens with one attached hydrogen (secondary N) is 2. The van der Waals surface area contributed by atoms with Crippen molar-refractivity contribution in [3.8, 4) is 22.5 Å². The summed E-state index contributed by atoms with van der Waals surface area (Å²) in [5, 5.41) is 10.7. The normalized spacial score (nSPS) is 10.9. The van der Waals surface area contributed by atoms with Gasteiger partial charge in [0, 0.05) is 29.3 Å². The molecule has 0 fully saturated rings. The SMILES string of the molecule is O=C(Nc1cccc(-c2nn3ccccc3c2-c2ccnc(Nc3ccccc3)n2)c1)c1cc(F)ccc1F. The minimum atomic E-state index is -0.809. The summed E-state index contributed by atoms with van der Waals surface area (Å²) in [6.45, 7) is 0. The van der Waals surface area contributed by atoms with Gasteiger partial charge in [-0.05, 0) is 60.7 Å². The number of hydrogen-bond acceptors (Lipinski definition) is 5. The van der Waals surface area contributed by atoms with Crippen LogP contribution in [0.1, 0.15) is 10.4 Å². The van der Waals surface area contributed by atoms with Crippen LogP contribution in [-0.2, 0) is 0 Å². The Morgan fingerprint density at radius 1 is 0.821 bits per heavy atom. The predicted octanol–water partition coefficient (Wildman–Crippen LogP) is 6.73. The lowest BCUT2D eigenvalue weighted by atomic mass is 10.0. The first-order valence-electron chi connectivity index (χ1n) is 12.0. The second-order valence-electron chi connectivity index (χ2n) is 8.67. The molecule has 0 spiro atoms. The van der Waals surface area contributed by atoms with Gasteiger partial charge in [-0.15, -0.1) is 0 Å². The van der Waals surface area contributed by atoms with Crippen molar-refractivity contribution in [2.45, 2.75) is 0 Å². The molecule has 0 aliphatic rings. The van der Waals surface area contributed by atoms with E-state index in [0.717, 1.165) is 35.0 Å². The van der Waals surface area contributed by atoms with E-state index < -0.39 is 17.5 Å². The summed E-state index contributed by atoms with van der Waals surface area (Å²) in [5.74, 6) is -1.84. The highest BCUT2D eigenvalue weighted by atomic mass is 19.1. The van der Waals surface area contributed by atoms with Crippen LogP contribution in [-0.4, -0.2) is 25.5 Å². The van der Waals surface area contributed by atoms with Crippen LogP contribution < -0.4 is 10.6 Å². The lowest BCUT2D eigenvalue weighted by Crippen LogP contribution is -2.14. The average Bonchev–Trinajstić information content (AvgIpc) is 3.35. The molecule has 0 unspecified atom stereocenters. The number of aromatic nitrogens is 4. The molecule has 1 amide bonds. The van der Waals surface area contributed by atoms with E-state index in [1.807, 2.05) is 66.9 Å². The van der Waals surface area contributed by atoms with Crippen LogP contribution in [0.3, 0.4) is 0 Å². The van der Waals surface area contributed by atoms with Crippen molar-refractivity contribution in [3.63, 3.8) is 0 Å². The number of fused-ring (bicyclic) bond motifs is 1. The van der Waals surface area contributed by atoms with Gasteiger partial charge in [0.15, 0.2) is 0 Å². The molecule has 39 heavy (non-hydrogen) atoms. The Morgan fingerprint density at radius 2 is 1.64 bits per heavy atom. The van der Waals surface area contributed by atoms with Crippen molar-refractivity contribution >= 4 is 28.7 Å². The molecule has 3 heterocycles. The number of carbonyl (C=O) groups is 1. The number of benzene rings is 3. The van der Waals surface area contributed by atoms with Crippen LogP contribution >= 0.6 is 0 Å². The Balaban J connectivity index is 1.39. The van der Waals surface area contributed by atoms with Gasteiger partial charge in [0.1, 0.15) is 17.3 Å². The molecule has 190 valence electrons. The number of nitrogens with zero attached hydrogens (tertiary/aromatic N) is 4. The predicted molar refractivity (Wildman–Crippen MR) is 146 cm³/mol. The Morgan fingerprint density at radius 3 is 2.51 bits per heavy atom. The monoisotopic (exact) mass is 518 g/mol. The van der Waals surface area contributed by atoms with Gasteiger partial charge in [0.2, 0.25) is 5.95 Å². The number of anilines is 3. The second-order valence-corrected chi connectivity index (χ2v) is 8.67. The number of carbonyl (C=O) groups excluding carboxylic acids is 1. The Hall–Kier alpha value is -5.44. The van der Waals surface area contributed by atoms with Gasteiger partial charge in [-0.25, -0.2) is 23.3 Å². The maximum absolute atomic E-state index is 14.1. The molecular weight excluding hydrogens is 498 g/mol. The zero-order valence-electron chi connectivity index (χ0n) is 20.3. The molecule has 7 nitrogen and oxygen atoms in total. The van der Waals surface area contributed by atoms with E-state index >= 15 is 0 Å². The number of rotatable bonds is 6. The Kier molecular flexibility index (Phi) is 6.22. The van der Waals surface area contributed by atoms with Gasteiger partial charge >= 0.3 is 0 Å². The minimum absolute atomic E-state index is 0.381. The van der Waals surface area contributed by atoms with Gasteiger partial charge in [-0.3, -0.25) is 4.79 Å². The molecule has 0 saturated heterocycles. The topological polar surface area (TPSA) is 84.2 Å². The summed E-state index contributed by atoms with van der Waals surface area (Å²) in [6.07, 6.45) is 3.51.